The van der Waals surface area contributed by atoms with Gasteiger partial charge in [0, 0.05) is 0 Å². The average Bonchev–Trinajstić information content (AvgIpc) is 3.03. The maximum atomic E-state index is 10.6. The number of aliphatic hydroxyl groups is 3. The molecule has 0 aromatic carbocycles. The van der Waals surface area contributed by atoms with Crippen molar-refractivity contribution in [2.45, 2.75) is 103 Å². The third-order valence-corrected chi connectivity index (χ3v) is 8.82. The molecule has 0 bridgehead atoms. The monoisotopic (exact) mass is 428 g/mol. The topological polar surface area (TPSA) is 60.7 Å². The second-order valence-corrected chi connectivity index (χ2v) is 11.5. The van der Waals surface area contributed by atoms with Crippen molar-refractivity contribution in [3.63, 3.8) is 0 Å². The van der Waals surface area contributed by atoms with E-state index in [1.807, 2.05) is 0 Å². The van der Waals surface area contributed by atoms with Gasteiger partial charge in [-0.3, -0.25) is 0 Å². The van der Waals surface area contributed by atoms with Crippen LogP contribution in [-0.4, -0.2) is 32.6 Å². The van der Waals surface area contributed by atoms with Gasteiger partial charge in [-0.05, 0) is 101 Å². The van der Waals surface area contributed by atoms with Gasteiger partial charge in [0.2, 0.25) is 0 Å². The van der Waals surface area contributed by atoms with Crippen LogP contribution in [0.5, 0.6) is 0 Å². The Kier molecular flexibility index (Phi) is 7.11. The molecule has 0 amide bonds. The van der Waals surface area contributed by atoms with Crippen LogP contribution < -0.4 is 0 Å². The lowest BCUT2D eigenvalue weighted by atomic mass is 9.61. The number of hydrogen-bond acceptors (Lipinski definition) is 3. The van der Waals surface area contributed by atoms with Crippen molar-refractivity contribution in [2.24, 2.45) is 23.2 Å². The molecule has 31 heavy (non-hydrogen) atoms. The van der Waals surface area contributed by atoms with Crippen molar-refractivity contribution in [1.29, 1.82) is 0 Å². The van der Waals surface area contributed by atoms with Gasteiger partial charge in [-0.2, -0.15) is 0 Å². The van der Waals surface area contributed by atoms with Crippen LogP contribution in [0.1, 0.15) is 86.0 Å². The first-order valence-corrected chi connectivity index (χ1v) is 12.2. The Balaban J connectivity index is 1.77. The van der Waals surface area contributed by atoms with E-state index in [9.17, 15) is 15.3 Å². The number of aliphatic hydroxyl groups excluding tert-OH is 1. The summed E-state index contributed by atoms with van der Waals surface area (Å²) >= 11 is 0. The van der Waals surface area contributed by atoms with Crippen molar-refractivity contribution in [1.82, 2.24) is 0 Å². The molecule has 0 radical (unpaired) electrons. The van der Waals surface area contributed by atoms with Gasteiger partial charge in [-0.25, -0.2) is 0 Å². The summed E-state index contributed by atoms with van der Waals surface area (Å²) in [6, 6.07) is 0. The fraction of sp³-hybridized carbons (Fsp3) is 0.714. The highest BCUT2D eigenvalue weighted by molar-refractivity contribution is 5.36. The second kappa shape index (κ2) is 9.00. The van der Waals surface area contributed by atoms with E-state index < -0.39 is 11.2 Å². The van der Waals surface area contributed by atoms with Crippen LogP contribution in [0.4, 0.5) is 0 Å². The van der Waals surface area contributed by atoms with E-state index in [4.69, 9.17) is 0 Å². The molecule has 0 aliphatic heterocycles. The van der Waals surface area contributed by atoms with Gasteiger partial charge < -0.3 is 15.3 Å². The van der Waals surface area contributed by atoms with Gasteiger partial charge >= 0.3 is 0 Å². The molecule has 0 unspecified atom stereocenters. The van der Waals surface area contributed by atoms with Gasteiger partial charge in [0.05, 0.1) is 11.7 Å². The summed E-state index contributed by atoms with van der Waals surface area (Å²) in [5.41, 5.74) is 1.83. The molecular formula is C28H44O3. The van der Waals surface area contributed by atoms with Gasteiger partial charge in [0.15, 0.2) is 0 Å². The molecule has 6 atom stereocenters. The summed E-state index contributed by atoms with van der Waals surface area (Å²) in [5.74, 6) is 1.54. The largest absolute Gasteiger partial charge is 0.393 e. The molecule has 0 heterocycles. The lowest BCUT2D eigenvalue weighted by Crippen LogP contribution is -2.46. The fourth-order valence-corrected chi connectivity index (χ4v) is 6.22. The van der Waals surface area contributed by atoms with Crippen LogP contribution in [0, 0.1) is 23.2 Å². The van der Waals surface area contributed by atoms with E-state index in [2.05, 4.69) is 38.7 Å². The highest BCUT2D eigenvalue weighted by Crippen LogP contribution is 2.59. The smallest absolute Gasteiger partial charge is 0.108 e. The Bertz CT molecular complexity index is 764. The Morgan fingerprint density at radius 1 is 1.10 bits per heavy atom. The highest BCUT2D eigenvalue weighted by Gasteiger charge is 2.50. The van der Waals surface area contributed by atoms with Crippen LogP contribution in [-0.2, 0) is 0 Å². The molecule has 3 heteroatoms. The van der Waals surface area contributed by atoms with E-state index >= 15 is 0 Å². The first-order chi connectivity index (χ1) is 14.3. The summed E-state index contributed by atoms with van der Waals surface area (Å²) in [6.45, 7) is 13.9. The van der Waals surface area contributed by atoms with E-state index in [-0.39, 0.29) is 11.5 Å². The molecule has 3 aliphatic rings. The minimum absolute atomic E-state index is 0.226. The fourth-order valence-electron chi connectivity index (χ4n) is 6.22. The van der Waals surface area contributed by atoms with Gasteiger partial charge in [-0.15, -0.1) is 0 Å². The Morgan fingerprint density at radius 2 is 1.81 bits per heavy atom. The van der Waals surface area contributed by atoms with E-state index in [1.165, 1.54) is 43.3 Å². The third-order valence-electron chi connectivity index (χ3n) is 8.82. The van der Waals surface area contributed by atoms with Crippen molar-refractivity contribution >= 4 is 0 Å². The Labute approximate surface area is 189 Å². The average molecular weight is 429 g/mol. The molecule has 3 nitrogen and oxygen atoms in total. The quantitative estimate of drug-likeness (QED) is 0.480. The number of allylic oxidation sites excluding steroid dienone is 5. The molecule has 3 rings (SSSR count). The van der Waals surface area contributed by atoms with Gasteiger partial charge in [0.1, 0.15) is 5.60 Å². The lowest BCUT2D eigenvalue weighted by Gasteiger charge is -2.44. The zero-order chi connectivity index (χ0) is 23.0. The van der Waals surface area contributed by atoms with Crippen LogP contribution in [0.2, 0.25) is 0 Å². The maximum Gasteiger partial charge on any atom is 0.108 e. The zero-order valence-electron chi connectivity index (χ0n) is 20.3. The number of hydrogen-bond donors (Lipinski definition) is 3. The molecule has 3 N–H and O–H groups in total. The molecular weight excluding hydrogens is 384 g/mol. The number of fused-ring (bicyclic) bond motifs is 1. The van der Waals surface area contributed by atoms with Crippen LogP contribution in [0.3, 0.4) is 0 Å². The normalized spacial score (nSPS) is 37.9. The summed E-state index contributed by atoms with van der Waals surface area (Å²) in [7, 11) is 0. The molecule has 3 saturated carbocycles. The maximum absolute atomic E-state index is 10.6. The van der Waals surface area contributed by atoms with Crippen LogP contribution >= 0.6 is 0 Å². The van der Waals surface area contributed by atoms with Gasteiger partial charge in [-0.1, -0.05) is 55.9 Å². The van der Waals surface area contributed by atoms with E-state index in [0.29, 0.717) is 17.8 Å². The van der Waals surface area contributed by atoms with Crippen LogP contribution in [0.15, 0.2) is 47.6 Å². The summed E-state index contributed by atoms with van der Waals surface area (Å²) < 4.78 is 0. The molecule has 0 aromatic heterocycles. The van der Waals surface area contributed by atoms with E-state index in [0.717, 1.165) is 19.3 Å². The summed E-state index contributed by atoms with van der Waals surface area (Å²) in [4.78, 5) is 0. The molecule has 3 fully saturated rings. The van der Waals surface area contributed by atoms with Gasteiger partial charge in [0.25, 0.3) is 0 Å². The van der Waals surface area contributed by atoms with Crippen molar-refractivity contribution in [3.8, 4) is 0 Å². The number of rotatable bonds is 5. The molecule has 0 aromatic rings. The predicted octanol–water partition coefficient (Wildman–Crippen LogP) is 5.87. The van der Waals surface area contributed by atoms with Crippen molar-refractivity contribution in [3.05, 3.63) is 47.6 Å². The first-order valence-electron chi connectivity index (χ1n) is 12.2. The summed E-state index contributed by atoms with van der Waals surface area (Å²) in [5, 5.41) is 30.9. The van der Waals surface area contributed by atoms with Crippen molar-refractivity contribution in [2.75, 3.05) is 0 Å². The first kappa shape index (κ1) is 24.5. The summed E-state index contributed by atoms with van der Waals surface area (Å²) in [6.07, 6.45) is 16.8. The minimum atomic E-state index is -1.24. The predicted molar refractivity (Wildman–Crippen MR) is 129 cm³/mol. The second-order valence-electron chi connectivity index (χ2n) is 11.5. The lowest BCUT2D eigenvalue weighted by molar-refractivity contribution is -0.0886. The Hall–Kier alpha value is -1.16. The van der Waals surface area contributed by atoms with Crippen LogP contribution in [0.25, 0.3) is 0 Å². The highest BCUT2D eigenvalue weighted by atomic mass is 16.3. The SMILES string of the molecule is C=C1CC[C@H](O)C/C1=C/C=C1/CCC[C@]2(C)[C@@H]1CC[C@@H]2[C@@H](C)/C=C/[C@@](C)(O)C(C)(C)O. The van der Waals surface area contributed by atoms with Crippen molar-refractivity contribution < 1.29 is 15.3 Å². The third kappa shape index (κ3) is 5.10. The molecule has 3 aliphatic carbocycles. The standard InChI is InChI=1S/C28H44O3/c1-19-9-12-23(29)18-22(19)11-10-21-8-7-16-27(5)24(13-14-25(21)27)20(2)15-17-28(6,31)26(3,4)30/h10-11,15,17,20,23-25,29-31H,1,7-9,12-14,16,18H2,2-6H3/b17-15+,21-10-,22-11-/t20-,23-,24+,25+,27-,28+/m0/s1. The van der Waals surface area contributed by atoms with E-state index in [1.54, 1.807) is 32.4 Å². The molecule has 174 valence electrons. The zero-order valence-corrected chi connectivity index (χ0v) is 20.3. The minimum Gasteiger partial charge on any atom is -0.393 e. The molecule has 0 saturated heterocycles. The Morgan fingerprint density at radius 3 is 2.48 bits per heavy atom. The molecule has 0 spiro atoms.